The molecule has 0 aliphatic heterocycles. The van der Waals surface area contributed by atoms with Crippen molar-refractivity contribution < 1.29 is 9.90 Å². The molecule has 0 bridgehead atoms. The molecule has 1 aromatic carbocycles. The van der Waals surface area contributed by atoms with Gasteiger partial charge in [0.25, 0.3) is 5.91 Å². The highest BCUT2D eigenvalue weighted by atomic mass is 16.3. The molecule has 1 atom stereocenters. The first-order chi connectivity index (χ1) is 10.2. The maximum atomic E-state index is 12.3. The van der Waals surface area contributed by atoms with Gasteiger partial charge in [0.2, 0.25) is 0 Å². The largest absolute Gasteiger partial charge is 0.396 e. The molecule has 0 saturated heterocycles. The molecule has 21 heavy (non-hydrogen) atoms. The molecular weight excluding hydrogens is 264 g/mol. The zero-order valence-corrected chi connectivity index (χ0v) is 12.1. The highest BCUT2D eigenvalue weighted by Crippen LogP contribution is 2.18. The van der Waals surface area contributed by atoms with E-state index in [-0.39, 0.29) is 18.6 Å². The average molecular weight is 284 g/mol. The molecule has 0 radical (unpaired) electrons. The van der Waals surface area contributed by atoms with Gasteiger partial charge < -0.3 is 10.4 Å². The first kappa shape index (κ1) is 15.2. The second-order valence-electron chi connectivity index (χ2n) is 4.99. The van der Waals surface area contributed by atoms with Crippen LogP contribution >= 0.6 is 0 Å². The molecule has 4 nitrogen and oxygen atoms in total. The van der Waals surface area contributed by atoms with Crippen molar-refractivity contribution in [3.8, 4) is 0 Å². The zero-order chi connectivity index (χ0) is 15.1. The smallest absolute Gasteiger partial charge is 0.253 e. The van der Waals surface area contributed by atoms with E-state index in [9.17, 15) is 4.79 Å². The molecule has 4 heteroatoms. The highest BCUT2D eigenvalue weighted by molar-refractivity contribution is 5.94. The molecule has 1 unspecified atom stereocenters. The number of aliphatic hydroxyl groups is 1. The third kappa shape index (κ3) is 4.39. The minimum atomic E-state index is -0.144. The molecular formula is C17H20N2O2. The number of aliphatic hydroxyl groups excluding tert-OH is 1. The maximum absolute atomic E-state index is 12.3. The van der Waals surface area contributed by atoms with Crippen LogP contribution in [0.4, 0.5) is 0 Å². The summed E-state index contributed by atoms with van der Waals surface area (Å²) in [5.41, 5.74) is 2.47. The molecule has 0 aliphatic carbocycles. The van der Waals surface area contributed by atoms with E-state index in [0.717, 1.165) is 11.3 Å². The van der Waals surface area contributed by atoms with Crippen molar-refractivity contribution in [1.82, 2.24) is 10.3 Å². The lowest BCUT2D eigenvalue weighted by Gasteiger charge is -2.19. The van der Waals surface area contributed by atoms with E-state index >= 15 is 0 Å². The predicted molar refractivity (Wildman–Crippen MR) is 81.9 cm³/mol. The maximum Gasteiger partial charge on any atom is 0.253 e. The summed E-state index contributed by atoms with van der Waals surface area (Å²) in [5.74, 6) is -0.144. The monoisotopic (exact) mass is 284 g/mol. The van der Waals surface area contributed by atoms with Crippen LogP contribution in [-0.2, 0) is 0 Å². The van der Waals surface area contributed by atoms with Crippen LogP contribution in [0.5, 0.6) is 0 Å². The number of aryl methyl sites for hydroxylation is 1. The number of hydrogen-bond acceptors (Lipinski definition) is 3. The van der Waals surface area contributed by atoms with Gasteiger partial charge in [0.15, 0.2) is 0 Å². The van der Waals surface area contributed by atoms with Gasteiger partial charge in [0.05, 0.1) is 11.6 Å². The number of carbonyl (C=O) groups is 1. The van der Waals surface area contributed by atoms with Crippen LogP contribution < -0.4 is 5.32 Å². The molecule has 0 fully saturated rings. The number of nitrogens with zero attached hydrogens (tertiary/aromatic N) is 1. The van der Waals surface area contributed by atoms with E-state index in [2.05, 4.69) is 10.3 Å². The van der Waals surface area contributed by atoms with E-state index < -0.39 is 0 Å². The molecule has 2 N–H and O–H groups in total. The van der Waals surface area contributed by atoms with Crippen LogP contribution in [0.15, 0.2) is 48.7 Å². The van der Waals surface area contributed by atoms with Gasteiger partial charge in [-0.2, -0.15) is 0 Å². The van der Waals surface area contributed by atoms with E-state index in [4.69, 9.17) is 5.11 Å². The molecule has 0 aliphatic rings. The Morgan fingerprint density at radius 1 is 1.24 bits per heavy atom. The summed E-state index contributed by atoms with van der Waals surface area (Å²) < 4.78 is 0. The first-order valence-corrected chi connectivity index (χ1v) is 7.10. The molecule has 2 rings (SSSR count). The summed E-state index contributed by atoms with van der Waals surface area (Å²) in [6, 6.07) is 13.3. The van der Waals surface area contributed by atoms with Crippen LogP contribution in [0.1, 0.15) is 40.5 Å². The number of pyridine rings is 1. The Labute approximate surface area is 124 Å². The van der Waals surface area contributed by atoms with Crippen LogP contribution in [0.3, 0.4) is 0 Å². The standard InChI is InChI=1S/C17H20N2O2/c1-13-9-10-15(12-18-13)17(21)19-16(8-5-11-20)14-6-3-2-4-7-14/h2-4,6-7,9-10,12,16,20H,5,8,11H2,1H3,(H,19,21). The highest BCUT2D eigenvalue weighted by Gasteiger charge is 2.15. The Bertz CT molecular complexity index is 567. The Morgan fingerprint density at radius 2 is 2.00 bits per heavy atom. The van der Waals surface area contributed by atoms with E-state index in [0.29, 0.717) is 18.4 Å². The minimum Gasteiger partial charge on any atom is -0.396 e. The van der Waals surface area contributed by atoms with Gasteiger partial charge >= 0.3 is 0 Å². The quantitative estimate of drug-likeness (QED) is 0.857. The second kappa shape index (κ2) is 7.55. The molecule has 110 valence electrons. The van der Waals surface area contributed by atoms with Crippen LogP contribution in [0.2, 0.25) is 0 Å². The van der Waals surface area contributed by atoms with Gasteiger partial charge in [-0.1, -0.05) is 30.3 Å². The lowest BCUT2D eigenvalue weighted by molar-refractivity contribution is 0.0932. The van der Waals surface area contributed by atoms with Gasteiger partial charge in [0, 0.05) is 18.5 Å². The summed E-state index contributed by atoms with van der Waals surface area (Å²) in [4.78, 5) is 16.4. The number of benzene rings is 1. The van der Waals surface area contributed by atoms with Crippen molar-refractivity contribution in [3.63, 3.8) is 0 Å². The van der Waals surface area contributed by atoms with Crippen LogP contribution in [0, 0.1) is 6.92 Å². The number of aromatic nitrogens is 1. The van der Waals surface area contributed by atoms with E-state index in [1.54, 1.807) is 12.3 Å². The topological polar surface area (TPSA) is 62.2 Å². The summed E-state index contributed by atoms with van der Waals surface area (Å²) in [6.45, 7) is 2.00. The fraction of sp³-hybridized carbons (Fsp3) is 0.294. The van der Waals surface area contributed by atoms with Crippen molar-refractivity contribution in [3.05, 3.63) is 65.5 Å². The van der Waals surface area contributed by atoms with Gasteiger partial charge in [-0.05, 0) is 37.5 Å². The summed E-state index contributed by atoms with van der Waals surface area (Å²) >= 11 is 0. The summed E-state index contributed by atoms with van der Waals surface area (Å²) in [7, 11) is 0. The van der Waals surface area contributed by atoms with E-state index in [1.165, 1.54) is 0 Å². The molecule has 0 saturated carbocycles. The third-order valence-corrected chi connectivity index (χ3v) is 3.33. The van der Waals surface area contributed by atoms with Gasteiger partial charge in [-0.3, -0.25) is 9.78 Å². The SMILES string of the molecule is Cc1ccc(C(=O)NC(CCCO)c2ccccc2)cn1. The van der Waals surface area contributed by atoms with Crippen molar-refractivity contribution in [2.24, 2.45) is 0 Å². The first-order valence-electron chi connectivity index (χ1n) is 7.10. The molecule has 1 amide bonds. The number of carbonyl (C=O) groups excluding carboxylic acids is 1. The van der Waals surface area contributed by atoms with Crippen LogP contribution in [0.25, 0.3) is 0 Å². The summed E-state index contributed by atoms with van der Waals surface area (Å²) in [5, 5.41) is 12.0. The summed E-state index contributed by atoms with van der Waals surface area (Å²) in [6.07, 6.45) is 2.93. The Balaban J connectivity index is 2.11. The fourth-order valence-corrected chi connectivity index (χ4v) is 2.15. The number of nitrogens with one attached hydrogen (secondary N) is 1. The van der Waals surface area contributed by atoms with Crippen molar-refractivity contribution >= 4 is 5.91 Å². The van der Waals surface area contributed by atoms with Gasteiger partial charge in [-0.15, -0.1) is 0 Å². The van der Waals surface area contributed by atoms with Crippen LogP contribution in [-0.4, -0.2) is 22.6 Å². The van der Waals surface area contributed by atoms with Gasteiger partial charge in [-0.25, -0.2) is 0 Å². The number of amides is 1. The lowest BCUT2D eigenvalue weighted by Crippen LogP contribution is -2.28. The lowest BCUT2D eigenvalue weighted by atomic mass is 10.0. The Kier molecular flexibility index (Phi) is 5.46. The van der Waals surface area contributed by atoms with Gasteiger partial charge in [0.1, 0.15) is 0 Å². The van der Waals surface area contributed by atoms with Crippen molar-refractivity contribution in [1.29, 1.82) is 0 Å². The second-order valence-corrected chi connectivity index (χ2v) is 4.99. The Hall–Kier alpha value is -2.20. The fourth-order valence-electron chi connectivity index (χ4n) is 2.15. The predicted octanol–water partition coefficient (Wildman–Crippen LogP) is 2.63. The number of hydrogen-bond donors (Lipinski definition) is 2. The Morgan fingerprint density at radius 3 is 2.62 bits per heavy atom. The average Bonchev–Trinajstić information content (AvgIpc) is 2.52. The van der Waals surface area contributed by atoms with Crippen molar-refractivity contribution in [2.45, 2.75) is 25.8 Å². The normalized spacial score (nSPS) is 11.9. The third-order valence-electron chi connectivity index (χ3n) is 3.33. The molecule has 2 aromatic rings. The molecule has 1 heterocycles. The van der Waals surface area contributed by atoms with Crippen molar-refractivity contribution in [2.75, 3.05) is 6.61 Å². The van der Waals surface area contributed by atoms with E-state index in [1.807, 2.05) is 43.3 Å². The molecule has 1 aromatic heterocycles. The molecule has 0 spiro atoms. The number of rotatable bonds is 6. The zero-order valence-electron chi connectivity index (χ0n) is 12.1. The minimum absolute atomic E-state index is 0.104.